The van der Waals surface area contributed by atoms with Gasteiger partial charge in [-0.2, -0.15) is 5.10 Å². The highest BCUT2D eigenvalue weighted by Crippen LogP contribution is 2.22. The second-order valence-electron chi connectivity index (χ2n) is 4.22. The van der Waals surface area contributed by atoms with Gasteiger partial charge in [0.05, 0.1) is 6.20 Å². The third-order valence-corrected chi connectivity index (χ3v) is 3.11. The monoisotopic (exact) mass is 229 g/mol. The van der Waals surface area contributed by atoms with Crippen LogP contribution >= 0.6 is 0 Å². The molecule has 0 amide bonds. The second kappa shape index (κ2) is 5.15. The zero-order valence-electron chi connectivity index (χ0n) is 10.6. The molecule has 1 heterocycles. The molecule has 1 unspecified atom stereocenters. The molecule has 0 aliphatic rings. The molecule has 0 spiro atoms. The third kappa shape index (κ3) is 2.56. The van der Waals surface area contributed by atoms with Crippen LogP contribution in [0.5, 0.6) is 0 Å². The van der Waals surface area contributed by atoms with Crippen LogP contribution in [0.3, 0.4) is 0 Å². The third-order valence-electron chi connectivity index (χ3n) is 3.11. The van der Waals surface area contributed by atoms with Crippen molar-refractivity contribution in [1.82, 2.24) is 15.1 Å². The molecule has 17 heavy (non-hydrogen) atoms. The van der Waals surface area contributed by atoms with Gasteiger partial charge >= 0.3 is 0 Å². The predicted molar refractivity (Wildman–Crippen MR) is 70.8 cm³/mol. The Morgan fingerprint density at radius 1 is 1.35 bits per heavy atom. The first-order chi connectivity index (χ1) is 8.24. The molecule has 1 atom stereocenters. The van der Waals surface area contributed by atoms with Gasteiger partial charge in [0.2, 0.25) is 0 Å². The summed E-state index contributed by atoms with van der Waals surface area (Å²) < 4.78 is 1.95. The summed E-state index contributed by atoms with van der Waals surface area (Å²) in [7, 11) is 1.98. The van der Waals surface area contributed by atoms with Crippen LogP contribution in [-0.2, 0) is 6.54 Å². The first kappa shape index (κ1) is 11.9. The minimum Gasteiger partial charge on any atom is -0.313 e. The molecule has 0 bridgehead atoms. The van der Waals surface area contributed by atoms with E-state index >= 15 is 0 Å². The van der Waals surface area contributed by atoms with Gasteiger partial charge in [-0.25, -0.2) is 0 Å². The standard InChI is InChI=1S/C14H19N3/c1-4-17-10-14(9-16-17)13-7-5-6-12(8-13)11(2)15-3/h5-11,15H,4H2,1-3H3. The summed E-state index contributed by atoms with van der Waals surface area (Å²) in [5, 5.41) is 7.56. The lowest BCUT2D eigenvalue weighted by Crippen LogP contribution is -2.12. The first-order valence-electron chi connectivity index (χ1n) is 6.04. The molecule has 0 fully saturated rings. The molecule has 2 aromatic rings. The maximum atomic E-state index is 4.31. The lowest BCUT2D eigenvalue weighted by molar-refractivity contribution is 0.652. The van der Waals surface area contributed by atoms with E-state index in [0.717, 1.165) is 6.54 Å². The van der Waals surface area contributed by atoms with Crippen LogP contribution in [0.4, 0.5) is 0 Å². The summed E-state index contributed by atoms with van der Waals surface area (Å²) in [4.78, 5) is 0. The average Bonchev–Trinajstić information content (AvgIpc) is 2.86. The molecule has 0 radical (unpaired) electrons. The molecule has 0 saturated heterocycles. The Bertz CT molecular complexity index is 488. The van der Waals surface area contributed by atoms with E-state index in [1.54, 1.807) is 0 Å². The summed E-state index contributed by atoms with van der Waals surface area (Å²) in [5.74, 6) is 0. The summed E-state index contributed by atoms with van der Waals surface area (Å²) in [6, 6.07) is 8.97. The summed E-state index contributed by atoms with van der Waals surface area (Å²) in [6.07, 6.45) is 4.01. The molecule has 2 rings (SSSR count). The summed E-state index contributed by atoms with van der Waals surface area (Å²) in [6.45, 7) is 5.16. The zero-order chi connectivity index (χ0) is 12.3. The van der Waals surface area contributed by atoms with Crippen LogP contribution in [0.2, 0.25) is 0 Å². The van der Waals surface area contributed by atoms with Crippen molar-refractivity contribution in [2.45, 2.75) is 26.4 Å². The van der Waals surface area contributed by atoms with Gasteiger partial charge in [-0.1, -0.05) is 18.2 Å². The van der Waals surface area contributed by atoms with Crippen molar-refractivity contribution in [2.75, 3.05) is 7.05 Å². The molecule has 3 heteroatoms. The Morgan fingerprint density at radius 3 is 2.82 bits per heavy atom. The SMILES string of the molecule is CCn1cc(-c2cccc(C(C)NC)c2)cn1. The Kier molecular flexibility index (Phi) is 3.59. The number of hydrogen-bond acceptors (Lipinski definition) is 2. The number of rotatable bonds is 4. The maximum absolute atomic E-state index is 4.31. The van der Waals surface area contributed by atoms with E-state index in [2.05, 4.69) is 54.7 Å². The molecule has 0 aliphatic carbocycles. The van der Waals surface area contributed by atoms with Crippen LogP contribution in [0.1, 0.15) is 25.5 Å². The lowest BCUT2D eigenvalue weighted by atomic mass is 10.0. The fraction of sp³-hybridized carbons (Fsp3) is 0.357. The van der Waals surface area contributed by atoms with E-state index in [1.807, 2.05) is 17.9 Å². The van der Waals surface area contributed by atoms with Crippen LogP contribution < -0.4 is 5.32 Å². The van der Waals surface area contributed by atoms with Gasteiger partial charge in [0, 0.05) is 24.3 Å². The lowest BCUT2D eigenvalue weighted by Gasteiger charge is -2.11. The van der Waals surface area contributed by atoms with Crippen molar-refractivity contribution in [2.24, 2.45) is 0 Å². The van der Waals surface area contributed by atoms with Crippen molar-refractivity contribution in [3.63, 3.8) is 0 Å². The van der Waals surface area contributed by atoms with Crippen molar-refractivity contribution in [1.29, 1.82) is 0 Å². The van der Waals surface area contributed by atoms with Crippen LogP contribution in [-0.4, -0.2) is 16.8 Å². The highest BCUT2D eigenvalue weighted by Gasteiger charge is 2.05. The molecule has 0 saturated carbocycles. The van der Waals surface area contributed by atoms with Gasteiger partial charge in [-0.05, 0) is 38.1 Å². The number of aryl methyl sites for hydroxylation is 1. The quantitative estimate of drug-likeness (QED) is 0.873. The Balaban J connectivity index is 2.32. The number of hydrogen-bond donors (Lipinski definition) is 1. The Hall–Kier alpha value is -1.61. The van der Waals surface area contributed by atoms with E-state index in [4.69, 9.17) is 0 Å². The van der Waals surface area contributed by atoms with Crippen LogP contribution in [0.15, 0.2) is 36.7 Å². The fourth-order valence-electron chi connectivity index (χ4n) is 1.84. The van der Waals surface area contributed by atoms with Crippen LogP contribution in [0.25, 0.3) is 11.1 Å². The van der Waals surface area contributed by atoms with E-state index in [1.165, 1.54) is 16.7 Å². The number of nitrogens with one attached hydrogen (secondary N) is 1. The summed E-state index contributed by atoms with van der Waals surface area (Å²) >= 11 is 0. The van der Waals surface area contributed by atoms with Gasteiger partial charge in [0.1, 0.15) is 0 Å². The van der Waals surface area contributed by atoms with E-state index in [-0.39, 0.29) is 0 Å². The van der Waals surface area contributed by atoms with Crippen molar-refractivity contribution in [3.05, 3.63) is 42.2 Å². The van der Waals surface area contributed by atoms with E-state index in [0.29, 0.717) is 6.04 Å². The van der Waals surface area contributed by atoms with E-state index in [9.17, 15) is 0 Å². The van der Waals surface area contributed by atoms with Gasteiger partial charge in [0.25, 0.3) is 0 Å². The van der Waals surface area contributed by atoms with E-state index < -0.39 is 0 Å². The van der Waals surface area contributed by atoms with Gasteiger partial charge < -0.3 is 5.32 Å². The smallest absolute Gasteiger partial charge is 0.0568 e. The molecule has 0 aliphatic heterocycles. The summed E-state index contributed by atoms with van der Waals surface area (Å²) in [5.41, 5.74) is 3.70. The largest absolute Gasteiger partial charge is 0.313 e. The molecular formula is C14H19N3. The second-order valence-corrected chi connectivity index (χ2v) is 4.22. The normalized spacial score (nSPS) is 12.6. The molecule has 1 N–H and O–H groups in total. The first-order valence-corrected chi connectivity index (χ1v) is 6.04. The highest BCUT2D eigenvalue weighted by molar-refractivity contribution is 5.62. The molecule has 1 aromatic heterocycles. The highest BCUT2D eigenvalue weighted by atomic mass is 15.3. The molecular weight excluding hydrogens is 210 g/mol. The minimum atomic E-state index is 0.371. The fourth-order valence-corrected chi connectivity index (χ4v) is 1.84. The van der Waals surface area contributed by atoms with Crippen molar-refractivity contribution in [3.8, 4) is 11.1 Å². The molecule has 1 aromatic carbocycles. The minimum absolute atomic E-state index is 0.371. The Morgan fingerprint density at radius 2 is 2.18 bits per heavy atom. The van der Waals surface area contributed by atoms with Gasteiger partial charge in [-0.3, -0.25) is 4.68 Å². The molecule has 3 nitrogen and oxygen atoms in total. The van der Waals surface area contributed by atoms with Gasteiger partial charge in [0.15, 0.2) is 0 Å². The maximum Gasteiger partial charge on any atom is 0.0568 e. The van der Waals surface area contributed by atoms with Crippen molar-refractivity contribution < 1.29 is 0 Å². The number of nitrogens with zero attached hydrogens (tertiary/aromatic N) is 2. The predicted octanol–water partition coefficient (Wildman–Crippen LogP) is 2.85. The zero-order valence-corrected chi connectivity index (χ0v) is 10.6. The number of aromatic nitrogens is 2. The number of benzene rings is 1. The average molecular weight is 229 g/mol. The van der Waals surface area contributed by atoms with Crippen molar-refractivity contribution >= 4 is 0 Å². The topological polar surface area (TPSA) is 29.9 Å². The molecule has 90 valence electrons. The Labute approximate surface area is 102 Å². The van der Waals surface area contributed by atoms with Crippen LogP contribution in [0, 0.1) is 0 Å². The van der Waals surface area contributed by atoms with Gasteiger partial charge in [-0.15, -0.1) is 0 Å².